The van der Waals surface area contributed by atoms with Gasteiger partial charge >= 0.3 is 0 Å². The minimum Gasteiger partial charge on any atom is -0.465 e. The van der Waals surface area contributed by atoms with Crippen LogP contribution in [0.4, 0.5) is 0 Å². The number of hydrogen-bond acceptors (Lipinski definition) is 2. The maximum atomic E-state index is 5.47. The van der Waals surface area contributed by atoms with E-state index >= 15 is 0 Å². The van der Waals surface area contributed by atoms with Crippen LogP contribution in [-0.4, -0.2) is 5.71 Å². The van der Waals surface area contributed by atoms with E-state index in [-0.39, 0.29) is 0 Å². The maximum absolute atomic E-state index is 5.47. The van der Waals surface area contributed by atoms with Crippen LogP contribution in [0.2, 0.25) is 0 Å². The van der Waals surface area contributed by atoms with E-state index < -0.39 is 0 Å². The highest BCUT2D eigenvalue weighted by atomic mass is 16.5. The first-order chi connectivity index (χ1) is 9.79. The van der Waals surface area contributed by atoms with Crippen molar-refractivity contribution in [2.75, 3.05) is 0 Å². The Bertz CT molecular complexity index is 600. The molecule has 0 unspecified atom stereocenters. The largest absolute Gasteiger partial charge is 0.465 e. The van der Waals surface area contributed by atoms with Crippen molar-refractivity contribution in [1.82, 2.24) is 0 Å². The lowest BCUT2D eigenvalue weighted by Gasteiger charge is -2.05. The summed E-state index contributed by atoms with van der Waals surface area (Å²) in [5, 5.41) is 0. The Hall–Kier alpha value is -2.35. The van der Waals surface area contributed by atoms with E-state index in [1.54, 1.807) is 6.26 Å². The number of nitrogens with zero attached hydrogens (tertiary/aromatic N) is 1. The highest BCUT2D eigenvalue weighted by molar-refractivity contribution is 5.99. The van der Waals surface area contributed by atoms with E-state index in [1.807, 2.05) is 62.4 Å². The molecule has 0 spiro atoms. The van der Waals surface area contributed by atoms with Gasteiger partial charge in [0.1, 0.15) is 5.75 Å². The van der Waals surface area contributed by atoms with Crippen molar-refractivity contribution in [3.8, 4) is 5.75 Å². The molecule has 0 N–H and O–H groups in total. The smallest absolute Gasteiger partial charge is 0.127 e. The van der Waals surface area contributed by atoms with Crippen LogP contribution in [0.5, 0.6) is 5.75 Å². The highest BCUT2D eigenvalue weighted by Gasteiger charge is 1.99. The Morgan fingerprint density at radius 3 is 2.65 bits per heavy atom. The van der Waals surface area contributed by atoms with Crippen LogP contribution >= 0.6 is 0 Å². The van der Waals surface area contributed by atoms with Gasteiger partial charge in [-0.1, -0.05) is 48.5 Å². The van der Waals surface area contributed by atoms with Gasteiger partial charge in [-0.2, -0.15) is 0 Å². The quantitative estimate of drug-likeness (QED) is 0.571. The van der Waals surface area contributed by atoms with Gasteiger partial charge in [0.05, 0.1) is 12.8 Å². The SMILES string of the molecule is C/C=C\Oc1cccc(C(C)=NCc2ccccc2)c1. The molecule has 0 bridgehead atoms. The van der Waals surface area contributed by atoms with Crippen molar-refractivity contribution >= 4 is 5.71 Å². The Balaban J connectivity index is 2.10. The normalized spacial score (nSPS) is 11.8. The summed E-state index contributed by atoms with van der Waals surface area (Å²) in [6, 6.07) is 18.2. The molecule has 0 atom stereocenters. The fourth-order valence-electron chi connectivity index (χ4n) is 1.83. The summed E-state index contributed by atoms with van der Waals surface area (Å²) >= 11 is 0. The molecule has 0 aliphatic heterocycles. The first kappa shape index (κ1) is 14.1. The molecule has 0 fully saturated rings. The lowest BCUT2D eigenvalue weighted by Crippen LogP contribution is -1.96. The van der Waals surface area contributed by atoms with E-state index in [9.17, 15) is 0 Å². The van der Waals surface area contributed by atoms with Gasteiger partial charge in [-0.25, -0.2) is 0 Å². The molecule has 0 amide bonds. The zero-order chi connectivity index (χ0) is 14.2. The number of ether oxygens (including phenoxy) is 1. The summed E-state index contributed by atoms with van der Waals surface area (Å²) in [6.07, 6.45) is 3.54. The predicted molar refractivity (Wildman–Crippen MR) is 84.2 cm³/mol. The first-order valence-electron chi connectivity index (χ1n) is 6.73. The van der Waals surface area contributed by atoms with Crippen LogP contribution in [0.15, 0.2) is 71.9 Å². The molecule has 0 aliphatic rings. The van der Waals surface area contributed by atoms with E-state index in [4.69, 9.17) is 4.74 Å². The number of hydrogen-bond donors (Lipinski definition) is 0. The van der Waals surface area contributed by atoms with Crippen molar-refractivity contribution in [2.45, 2.75) is 20.4 Å². The van der Waals surface area contributed by atoms with Gasteiger partial charge in [-0.05, 0) is 37.1 Å². The maximum Gasteiger partial charge on any atom is 0.127 e. The minimum atomic E-state index is 0.701. The van der Waals surface area contributed by atoms with Crippen molar-refractivity contribution in [2.24, 2.45) is 4.99 Å². The second kappa shape index (κ2) is 7.29. The average molecular weight is 265 g/mol. The summed E-state index contributed by atoms with van der Waals surface area (Å²) in [5.41, 5.74) is 3.32. The van der Waals surface area contributed by atoms with Crippen molar-refractivity contribution in [3.63, 3.8) is 0 Å². The molecule has 2 aromatic rings. The first-order valence-corrected chi connectivity index (χ1v) is 6.73. The van der Waals surface area contributed by atoms with E-state index in [0.717, 1.165) is 17.0 Å². The summed E-state index contributed by atoms with van der Waals surface area (Å²) < 4.78 is 5.47. The molecule has 0 aromatic heterocycles. The van der Waals surface area contributed by atoms with Gasteiger partial charge in [-0.3, -0.25) is 4.99 Å². The molecule has 0 saturated heterocycles. The van der Waals surface area contributed by atoms with Crippen LogP contribution in [0.25, 0.3) is 0 Å². The summed E-state index contributed by atoms with van der Waals surface area (Å²) in [7, 11) is 0. The third-order valence-corrected chi connectivity index (χ3v) is 2.93. The van der Waals surface area contributed by atoms with E-state index in [2.05, 4.69) is 17.1 Å². The van der Waals surface area contributed by atoms with Crippen molar-refractivity contribution in [3.05, 3.63) is 78.1 Å². The molecule has 2 heteroatoms. The third kappa shape index (κ3) is 4.09. The summed E-state index contributed by atoms with van der Waals surface area (Å²) in [4.78, 5) is 4.63. The van der Waals surface area contributed by atoms with Crippen LogP contribution in [0.1, 0.15) is 25.0 Å². The Kier molecular flexibility index (Phi) is 5.13. The third-order valence-electron chi connectivity index (χ3n) is 2.93. The Morgan fingerprint density at radius 1 is 1.10 bits per heavy atom. The highest BCUT2D eigenvalue weighted by Crippen LogP contribution is 2.15. The zero-order valence-corrected chi connectivity index (χ0v) is 11.9. The average Bonchev–Trinajstić information content (AvgIpc) is 2.52. The minimum absolute atomic E-state index is 0.701. The lowest BCUT2D eigenvalue weighted by atomic mass is 10.1. The van der Waals surface area contributed by atoms with Crippen LogP contribution < -0.4 is 4.74 Å². The zero-order valence-electron chi connectivity index (χ0n) is 11.9. The molecule has 0 saturated carbocycles. The second-order valence-electron chi connectivity index (χ2n) is 4.50. The number of aliphatic imine (C=N–C) groups is 1. The molecular weight excluding hydrogens is 246 g/mol. The van der Waals surface area contributed by atoms with Gasteiger partial charge < -0.3 is 4.74 Å². The summed E-state index contributed by atoms with van der Waals surface area (Å²) in [6.45, 7) is 4.65. The molecule has 0 aliphatic carbocycles. The molecule has 2 rings (SSSR count). The standard InChI is InChI=1S/C18H19NO/c1-3-12-20-18-11-7-10-17(13-18)15(2)19-14-16-8-5-4-6-9-16/h3-13H,14H2,1-2H3/b12-3-,19-15?. The second-order valence-corrected chi connectivity index (χ2v) is 4.50. The fraction of sp³-hybridized carbons (Fsp3) is 0.167. The van der Waals surface area contributed by atoms with Crippen LogP contribution in [0.3, 0.4) is 0 Å². The van der Waals surface area contributed by atoms with E-state index in [0.29, 0.717) is 6.54 Å². The molecule has 2 aromatic carbocycles. The number of benzene rings is 2. The van der Waals surface area contributed by atoms with Gasteiger partial charge in [0.15, 0.2) is 0 Å². The van der Waals surface area contributed by atoms with Crippen molar-refractivity contribution < 1.29 is 4.74 Å². The number of rotatable bonds is 5. The van der Waals surface area contributed by atoms with Gasteiger partial charge in [0.25, 0.3) is 0 Å². The summed E-state index contributed by atoms with van der Waals surface area (Å²) in [5.74, 6) is 0.829. The molecule has 20 heavy (non-hydrogen) atoms. The molecule has 0 heterocycles. The molecule has 0 radical (unpaired) electrons. The van der Waals surface area contributed by atoms with E-state index in [1.165, 1.54) is 5.56 Å². The van der Waals surface area contributed by atoms with Crippen LogP contribution in [-0.2, 0) is 6.54 Å². The topological polar surface area (TPSA) is 21.6 Å². The van der Waals surface area contributed by atoms with Gasteiger partial charge in [0.2, 0.25) is 0 Å². The molecular formula is C18H19NO. The monoisotopic (exact) mass is 265 g/mol. The molecule has 2 nitrogen and oxygen atoms in total. The van der Waals surface area contributed by atoms with Crippen LogP contribution in [0, 0.1) is 0 Å². The Morgan fingerprint density at radius 2 is 1.90 bits per heavy atom. The number of allylic oxidation sites excluding steroid dienone is 1. The van der Waals surface area contributed by atoms with Gasteiger partial charge in [-0.15, -0.1) is 0 Å². The fourth-order valence-corrected chi connectivity index (χ4v) is 1.83. The van der Waals surface area contributed by atoms with Gasteiger partial charge in [0, 0.05) is 5.71 Å². The lowest BCUT2D eigenvalue weighted by molar-refractivity contribution is 0.480. The molecule has 102 valence electrons. The Labute approximate surface area is 120 Å². The predicted octanol–water partition coefficient (Wildman–Crippen LogP) is 4.61. The van der Waals surface area contributed by atoms with Crippen molar-refractivity contribution in [1.29, 1.82) is 0 Å².